The Kier molecular flexibility index (Phi) is 4.35. The molecule has 0 radical (unpaired) electrons. The minimum Gasteiger partial charge on any atom is -0.491 e. The van der Waals surface area contributed by atoms with Crippen LogP contribution in [0.15, 0.2) is 42.7 Å². The maximum atomic E-state index is 11.4. The van der Waals surface area contributed by atoms with E-state index in [1.54, 1.807) is 13.0 Å². The zero-order valence-electron chi connectivity index (χ0n) is 16.3. The fraction of sp³-hybridized carbons (Fsp3) is 0.238. The van der Waals surface area contributed by atoms with E-state index in [0.29, 0.717) is 23.9 Å². The van der Waals surface area contributed by atoms with Crippen LogP contribution in [0, 0.1) is 0 Å². The summed E-state index contributed by atoms with van der Waals surface area (Å²) >= 11 is 0. The normalized spacial score (nSPS) is 14.2. The standard InChI is InChI=1S/C21H20N6O3/c1-12(19(22)28)30-15-9-16-18-17(10-15)29-8-2-7-27(18)21(25-16)14-5-3-13(4-6-14)20-23-11-24-26-20/h3-6,9-12H,2,7-8H2,1H3,(H2,22,28)(H,23,24,26)/t12-/m0/s1. The number of nitrogens with one attached hydrogen (secondary N) is 1. The second-order valence-electron chi connectivity index (χ2n) is 7.15. The average molecular weight is 404 g/mol. The van der Waals surface area contributed by atoms with Crippen molar-refractivity contribution in [1.82, 2.24) is 24.7 Å². The number of rotatable bonds is 5. The quantitative estimate of drug-likeness (QED) is 0.527. The number of aromatic nitrogens is 5. The third-order valence-corrected chi connectivity index (χ3v) is 5.11. The lowest BCUT2D eigenvalue weighted by Crippen LogP contribution is -2.30. The molecule has 0 aliphatic carbocycles. The summed E-state index contributed by atoms with van der Waals surface area (Å²) in [5.41, 5.74) is 8.92. The maximum Gasteiger partial charge on any atom is 0.258 e. The van der Waals surface area contributed by atoms with Gasteiger partial charge in [-0.1, -0.05) is 24.3 Å². The molecule has 9 nitrogen and oxygen atoms in total. The number of ether oxygens (including phenoxy) is 2. The number of benzene rings is 2. The lowest BCUT2D eigenvalue weighted by molar-refractivity contribution is -0.123. The zero-order valence-corrected chi connectivity index (χ0v) is 16.3. The molecule has 1 aliphatic heterocycles. The average Bonchev–Trinajstić information content (AvgIpc) is 3.34. The SMILES string of the molecule is C[C@H](Oc1cc2c3c(c1)nc(-c1ccc(-c4ncn[nH]4)cc1)n3CCCO2)C(N)=O. The summed E-state index contributed by atoms with van der Waals surface area (Å²) in [6.45, 7) is 3.00. The van der Waals surface area contributed by atoms with E-state index in [4.69, 9.17) is 20.2 Å². The van der Waals surface area contributed by atoms with Gasteiger partial charge in [0.05, 0.1) is 12.1 Å². The summed E-state index contributed by atoms with van der Waals surface area (Å²) in [5, 5.41) is 6.76. The highest BCUT2D eigenvalue weighted by Gasteiger charge is 2.21. The number of carbonyl (C=O) groups is 1. The summed E-state index contributed by atoms with van der Waals surface area (Å²) in [6.07, 6.45) is 1.60. The van der Waals surface area contributed by atoms with Crippen molar-refractivity contribution in [1.29, 1.82) is 0 Å². The van der Waals surface area contributed by atoms with Gasteiger partial charge in [0.2, 0.25) is 0 Å². The van der Waals surface area contributed by atoms with E-state index in [0.717, 1.165) is 41.0 Å². The maximum absolute atomic E-state index is 11.4. The number of carbonyl (C=O) groups excluding carboxylic acids is 1. The first-order valence-electron chi connectivity index (χ1n) is 9.69. The van der Waals surface area contributed by atoms with Crippen LogP contribution in [0.2, 0.25) is 0 Å². The van der Waals surface area contributed by atoms with E-state index in [2.05, 4.69) is 19.7 Å². The summed E-state index contributed by atoms with van der Waals surface area (Å²) in [7, 11) is 0. The second-order valence-corrected chi connectivity index (χ2v) is 7.15. The molecule has 1 amide bonds. The molecule has 5 rings (SSSR count). The monoisotopic (exact) mass is 404 g/mol. The number of aromatic amines is 1. The van der Waals surface area contributed by atoms with Gasteiger partial charge in [0, 0.05) is 29.8 Å². The predicted octanol–water partition coefficient (Wildman–Crippen LogP) is 2.52. The van der Waals surface area contributed by atoms with Crippen molar-refractivity contribution in [3.05, 3.63) is 42.7 Å². The molecule has 9 heteroatoms. The summed E-state index contributed by atoms with van der Waals surface area (Å²) in [4.78, 5) is 20.4. The van der Waals surface area contributed by atoms with Gasteiger partial charge in [-0.3, -0.25) is 9.89 Å². The van der Waals surface area contributed by atoms with Crippen molar-refractivity contribution in [3.63, 3.8) is 0 Å². The molecule has 0 saturated heterocycles. The van der Waals surface area contributed by atoms with Gasteiger partial charge in [0.15, 0.2) is 11.9 Å². The number of amides is 1. The lowest BCUT2D eigenvalue weighted by atomic mass is 10.1. The van der Waals surface area contributed by atoms with E-state index in [-0.39, 0.29) is 0 Å². The van der Waals surface area contributed by atoms with Crippen LogP contribution in [-0.2, 0) is 11.3 Å². The first-order chi connectivity index (χ1) is 14.6. The molecule has 0 unspecified atom stereocenters. The largest absolute Gasteiger partial charge is 0.491 e. The van der Waals surface area contributed by atoms with E-state index < -0.39 is 12.0 Å². The van der Waals surface area contributed by atoms with Gasteiger partial charge in [-0.05, 0) is 13.3 Å². The van der Waals surface area contributed by atoms with Crippen LogP contribution in [0.4, 0.5) is 0 Å². The van der Waals surface area contributed by atoms with E-state index >= 15 is 0 Å². The van der Waals surface area contributed by atoms with E-state index in [9.17, 15) is 4.79 Å². The molecular weight excluding hydrogens is 384 g/mol. The third-order valence-electron chi connectivity index (χ3n) is 5.11. The van der Waals surface area contributed by atoms with Crippen LogP contribution in [0.3, 0.4) is 0 Å². The van der Waals surface area contributed by atoms with Gasteiger partial charge in [0.25, 0.3) is 5.91 Å². The number of aryl methyl sites for hydroxylation is 1. The molecule has 1 atom stereocenters. The molecule has 0 spiro atoms. The van der Waals surface area contributed by atoms with Crippen molar-refractivity contribution in [2.24, 2.45) is 5.73 Å². The van der Waals surface area contributed by atoms with Gasteiger partial charge in [0.1, 0.15) is 29.2 Å². The van der Waals surface area contributed by atoms with Crippen molar-refractivity contribution >= 4 is 16.9 Å². The predicted molar refractivity (Wildman–Crippen MR) is 110 cm³/mol. The fourth-order valence-corrected chi connectivity index (χ4v) is 3.61. The number of primary amides is 1. The molecule has 0 fully saturated rings. The molecular formula is C21H20N6O3. The lowest BCUT2D eigenvalue weighted by Gasteiger charge is -2.13. The van der Waals surface area contributed by atoms with Gasteiger partial charge < -0.3 is 19.8 Å². The topological polar surface area (TPSA) is 121 Å². The van der Waals surface area contributed by atoms with Crippen LogP contribution in [0.5, 0.6) is 11.5 Å². The Hall–Kier alpha value is -3.88. The van der Waals surface area contributed by atoms with E-state index in [1.165, 1.54) is 6.33 Å². The van der Waals surface area contributed by atoms with Crippen molar-refractivity contribution in [2.75, 3.05) is 6.61 Å². The highest BCUT2D eigenvalue weighted by Crippen LogP contribution is 2.37. The van der Waals surface area contributed by atoms with Crippen LogP contribution in [0.1, 0.15) is 13.3 Å². The smallest absolute Gasteiger partial charge is 0.258 e. The van der Waals surface area contributed by atoms with Gasteiger partial charge in [-0.15, -0.1) is 0 Å². The second kappa shape index (κ2) is 7.18. The molecule has 0 bridgehead atoms. The third kappa shape index (κ3) is 3.14. The Morgan fingerprint density at radius 1 is 1.27 bits per heavy atom. The molecule has 152 valence electrons. The summed E-state index contributed by atoms with van der Waals surface area (Å²) in [5.74, 6) is 2.23. The number of hydrogen-bond donors (Lipinski definition) is 2. The van der Waals surface area contributed by atoms with Gasteiger partial charge in [-0.25, -0.2) is 9.97 Å². The molecule has 3 N–H and O–H groups in total. The van der Waals surface area contributed by atoms with Crippen molar-refractivity contribution < 1.29 is 14.3 Å². The highest BCUT2D eigenvalue weighted by atomic mass is 16.5. The molecule has 2 aromatic heterocycles. The number of nitrogens with zero attached hydrogens (tertiary/aromatic N) is 4. The number of H-pyrrole nitrogens is 1. The number of hydrogen-bond acceptors (Lipinski definition) is 6. The van der Waals surface area contributed by atoms with Gasteiger partial charge in [-0.2, -0.15) is 5.10 Å². The highest BCUT2D eigenvalue weighted by molar-refractivity contribution is 5.88. The van der Waals surface area contributed by atoms with Gasteiger partial charge >= 0.3 is 0 Å². The zero-order chi connectivity index (χ0) is 20.7. The minimum atomic E-state index is -0.745. The molecule has 3 heterocycles. The Morgan fingerprint density at radius 2 is 2.07 bits per heavy atom. The Balaban J connectivity index is 1.59. The molecule has 30 heavy (non-hydrogen) atoms. The first-order valence-corrected chi connectivity index (χ1v) is 9.69. The van der Waals surface area contributed by atoms with Crippen molar-refractivity contribution in [2.45, 2.75) is 26.0 Å². The van der Waals surface area contributed by atoms with Crippen LogP contribution in [-0.4, -0.2) is 43.4 Å². The van der Waals surface area contributed by atoms with Crippen molar-refractivity contribution in [3.8, 4) is 34.3 Å². The number of imidazole rings is 1. The Bertz CT molecular complexity index is 1210. The van der Waals surface area contributed by atoms with Crippen LogP contribution in [0.25, 0.3) is 33.8 Å². The molecule has 4 aromatic rings. The summed E-state index contributed by atoms with van der Waals surface area (Å²) < 4.78 is 13.8. The molecule has 2 aromatic carbocycles. The molecule has 0 saturated carbocycles. The number of nitrogens with two attached hydrogens (primary N) is 1. The minimum absolute atomic E-state index is 0.502. The Morgan fingerprint density at radius 3 is 2.80 bits per heavy atom. The van der Waals surface area contributed by atoms with Crippen LogP contribution < -0.4 is 15.2 Å². The Labute approximate surface area is 171 Å². The summed E-state index contributed by atoms with van der Waals surface area (Å²) in [6, 6.07) is 11.6. The van der Waals surface area contributed by atoms with Crippen LogP contribution >= 0.6 is 0 Å². The molecule has 1 aliphatic rings. The fourth-order valence-electron chi connectivity index (χ4n) is 3.61. The van der Waals surface area contributed by atoms with E-state index in [1.807, 2.05) is 30.3 Å². The first kappa shape index (κ1) is 18.2.